The van der Waals surface area contributed by atoms with Crippen molar-refractivity contribution in [3.63, 3.8) is 0 Å². The number of carboxylic acid groups (broad SMARTS) is 1. The van der Waals surface area contributed by atoms with Crippen molar-refractivity contribution in [3.8, 4) is 0 Å². The number of carboxylic acids is 1. The van der Waals surface area contributed by atoms with E-state index in [1.807, 2.05) is 12.3 Å². The number of nitrogens with zero attached hydrogens (tertiary/aromatic N) is 2. The highest BCUT2D eigenvalue weighted by Crippen LogP contribution is 2.18. The first-order valence-corrected chi connectivity index (χ1v) is 14.9. The maximum atomic E-state index is 11.3. The fourth-order valence-electron chi connectivity index (χ4n) is 5.02. The van der Waals surface area contributed by atoms with Crippen LogP contribution in [0.15, 0.2) is 29.5 Å². The van der Waals surface area contributed by atoms with Gasteiger partial charge in [0.25, 0.3) is 0 Å². The van der Waals surface area contributed by atoms with E-state index in [4.69, 9.17) is 5.73 Å². The van der Waals surface area contributed by atoms with Crippen molar-refractivity contribution in [3.05, 3.63) is 24.6 Å². The summed E-state index contributed by atoms with van der Waals surface area (Å²) < 4.78 is 0.224. The van der Waals surface area contributed by atoms with Gasteiger partial charge in [0, 0.05) is 12.6 Å². The molecule has 5 heteroatoms. The summed E-state index contributed by atoms with van der Waals surface area (Å²) in [6.45, 7) is 3.28. The number of nitrogens with two attached hydrogens (primary N) is 1. The van der Waals surface area contributed by atoms with Crippen LogP contribution in [0.4, 0.5) is 0 Å². The molecule has 0 aromatic heterocycles. The predicted octanol–water partition coefficient (Wildman–Crippen LogP) is 8.11. The number of hydrogen-bond acceptors (Lipinski definition) is 3. The number of aliphatic carboxylic acids is 1. The Morgan fingerprint density at radius 1 is 0.829 bits per heavy atom. The summed E-state index contributed by atoms with van der Waals surface area (Å²) in [7, 11) is 0. The van der Waals surface area contributed by atoms with Crippen molar-refractivity contribution in [1.82, 2.24) is 0 Å². The molecule has 1 heterocycles. The molecule has 1 aliphatic rings. The van der Waals surface area contributed by atoms with Gasteiger partial charge in [-0.15, -0.1) is 0 Å². The molecule has 1 rings (SSSR count). The van der Waals surface area contributed by atoms with Crippen LogP contribution in [0.5, 0.6) is 0 Å². The average Bonchev–Trinajstić information content (AvgIpc) is 3.21. The van der Waals surface area contributed by atoms with Crippen LogP contribution < -0.4 is 5.73 Å². The lowest BCUT2D eigenvalue weighted by molar-refractivity contribution is -0.775. The first-order chi connectivity index (χ1) is 17.1. The van der Waals surface area contributed by atoms with Crippen LogP contribution in [0, 0.1) is 0 Å². The van der Waals surface area contributed by atoms with Gasteiger partial charge in [0.15, 0.2) is 6.54 Å². The molecule has 0 fully saturated rings. The third-order valence-electron chi connectivity index (χ3n) is 7.20. The van der Waals surface area contributed by atoms with E-state index in [0.717, 1.165) is 12.3 Å². The Morgan fingerprint density at radius 2 is 1.29 bits per heavy atom. The Kier molecular flexibility index (Phi) is 19.7. The third kappa shape index (κ3) is 16.0. The van der Waals surface area contributed by atoms with Crippen LogP contribution in [-0.4, -0.2) is 41.0 Å². The minimum Gasteiger partial charge on any atom is -0.477 e. The summed E-state index contributed by atoms with van der Waals surface area (Å²) in [4.78, 5) is 15.7. The summed E-state index contributed by atoms with van der Waals surface area (Å²) in [5.74, 6) is -0.0412. The maximum Gasteiger partial charge on any atom is 0.360 e. The molecule has 35 heavy (non-hydrogen) atoms. The first-order valence-electron chi connectivity index (χ1n) is 14.9. The molecule has 1 atom stereocenters. The quantitative estimate of drug-likeness (QED) is 0.100. The standard InChI is InChI=1S/C30H55N3O2/c1-2-3-4-5-6-7-8-9-10-11-12-13-14-15-16-17-18-19-20-21-22-23-29-32-25-27-33(29,26-24-31)28-30(34)35/h22-23,25,27H,2-21,24,26,28,31H2,1H3/p+1/b23-22+. The second-order valence-electron chi connectivity index (χ2n) is 10.4. The van der Waals surface area contributed by atoms with Gasteiger partial charge in [-0.2, -0.15) is 4.99 Å². The lowest BCUT2D eigenvalue weighted by atomic mass is 10.0. The molecule has 5 nitrogen and oxygen atoms in total. The minimum atomic E-state index is -0.829. The SMILES string of the molecule is CCCCCCCCCCCCCCCCCCCCC/C=C/C1=NC=C[N+]1(CCN)CC(=O)O. The molecule has 0 amide bonds. The smallest absolute Gasteiger partial charge is 0.360 e. The van der Waals surface area contributed by atoms with Crippen LogP contribution in [0.1, 0.15) is 135 Å². The topological polar surface area (TPSA) is 75.7 Å². The normalized spacial score (nSPS) is 17.5. The third-order valence-corrected chi connectivity index (χ3v) is 7.20. The summed E-state index contributed by atoms with van der Waals surface area (Å²) in [5, 5.41) is 9.26. The van der Waals surface area contributed by atoms with Crippen molar-refractivity contribution in [2.45, 2.75) is 135 Å². The summed E-state index contributed by atoms with van der Waals surface area (Å²) in [6, 6.07) is 0. The maximum absolute atomic E-state index is 11.3. The van der Waals surface area contributed by atoms with E-state index < -0.39 is 5.97 Å². The number of carbonyl (C=O) groups is 1. The minimum absolute atomic E-state index is 0.00384. The Morgan fingerprint density at radius 3 is 1.71 bits per heavy atom. The average molecular weight is 491 g/mol. The van der Waals surface area contributed by atoms with Crippen LogP contribution >= 0.6 is 0 Å². The molecular weight excluding hydrogens is 434 g/mol. The van der Waals surface area contributed by atoms with E-state index in [2.05, 4.69) is 18.0 Å². The van der Waals surface area contributed by atoms with E-state index in [-0.39, 0.29) is 11.0 Å². The predicted molar refractivity (Wildman–Crippen MR) is 150 cm³/mol. The molecule has 0 aromatic rings. The van der Waals surface area contributed by atoms with Gasteiger partial charge in [-0.3, -0.25) is 0 Å². The molecule has 0 aliphatic carbocycles. The van der Waals surface area contributed by atoms with E-state index in [1.165, 1.54) is 122 Å². The van der Waals surface area contributed by atoms with Gasteiger partial charge in [0.05, 0.1) is 6.20 Å². The van der Waals surface area contributed by atoms with Crippen LogP contribution in [0.25, 0.3) is 0 Å². The molecule has 1 unspecified atom stereocenters. The fraction of sp³-hybridized carbons (Fsp3) is 0.800. The van der Waals surface area contributed by atoms with Crippen molar-refractivity contribution in [2.24, 2.45) is 10.7 Å². The van der Waals surface area contributed by atoms with Crippen molar-refractivity contribution >= 4 is 11.8 Å². The summed E-state index contributed by atoms with van der Waals surface area (Å²) in [6.07, 6.45) is 35.2. The van der Waals surface area contributed by atoms with Crippen LogP contribution in [-0.2, 0) is 4.79 Å². The number of aliphatic imine (C=N–C) groups is 1. The fourth-order valence-corrected chi connectivity index (χ4v) is 5.02. The van der Waals surface area contributed by atoms with Crippen LogP contribution in [0.2, 0.25) is 0 Å². The molecule has 0 saturated carbocycles. The molecule has 3 N–H and O–H groups in total. The van der Waals surface area contributed by atoms with Gasteiger partial charge in [-0.05, 0) is 12.8 Å². The van der Waals surface area contributed by atoms with E-state index in [0.29, 0.717) is 13.1 Å². The van der Waals surface area contributed by atoms with Gasteiger partial charge in [-0.1, -0.05) is 129 Å². The number of unbranched alkanes of at least 4 members (excludes halogenated alkanes) is 19. The van der Waals surface area contributed by atoms with Gasteiger partial charge < -0.3 is 10.8 Å². The zero-order valence-corrected chi connectivity index (χ0v) is 22.9. The number of hydrogen-bond donors (Lipinski definition) is 2. The highest BCUT2D eigenvalue weighted by Gasteiger charge is 2.35. The van der Waals surface area contributed by atoms with Gasteiger partial charge in [0.2, 0.25) is 5.84 Å². The lowest BCUT2D eigenvalue weighted by Gasteiger charge is -2.28. The lowest BCUT2D eigenvalue weighted by Crippen LogP contribution is -2.51. The molecule has 0 spiro atoms. The van der Waals surface area contributed by atoms with Crippen molar-refractivity contribution in [1.29, 1.82) is 0 Å². The molecule has 0 bridgehead atoms. The first kappa shape index (κ1) is 31.6. The van der Waals surface area contributed by atoms with Crippen molar-refractivity contribution < 1.29 is 14.4 Å². The molecule has 0 aromatic carbocycles. The Hall–Kier alpha value is -1.46. The highest BCUT2D eigenvalue weighted by molar-refractivity contribution is 5.90. The second kappa shape index (κ2) is 21.8. The Balaban J connectivity index is 1.90. The van der Waals surface area contributed by atoms with Gasteiger partial charge in [0.1, 0.15) is 12.7 Å². The Labute approximate surface area is 216 Å². The number of rotatable bonds is 25. The van der Waals surface area contributed by atoms with E-state index in [9.17, 15) is 9.90 Å². The van der Waals surface area contributed by atoms with Crippen molar-refractivity contribution in [2.75, 3.05) is 19.6 Å². The zero-order chi connectivity index (χ0) is 25.5. The summed E-state index contributed by atoms with van der Waals surface area (Å²) in [5.41, 5.74) is 5.72. The molecule has 0 saturated heterocycles. The number of quaternary nitrogens is 1. The molecule has 1 aliphatic heterocycles. The number of amidine groups is 1. The van der Waals surface area contributed by atoms with Gasteiger partial charge >= 0.3 is 5.97 Å². The van der Waals surface area contributed by atoms with Gasteiger partial charge in [-0.25, -0.2) is 9.28 Å². The molecule has 202 valence electrons. The molecule has 0 radical (unpaired) electrons. The number of allylic oxidation sites excluding steroid dienone is 1. The summed E-state index contributed by atoms with van der Waals surface area (Å²) >= 11 is 0. The second-order valence-corrected chi connectivity index (χ2v) is 10.4. The molecular formula is C30H56N3O2+. The monoisotopic (exact) mass is 490 g/mol. The highest BCUT2D eigenvalue weighted by atomic mass is 16.4. The zero-order valence-electron chi connectivity index (χ0n) is 22.9. The van der Waals surface area contributed by atoms with Crippen LogP contribution in [0.3, 0.4) is 0 Å². The van der Waals surface area contributed by atoms with E-state index in [1.54, 1.807) is 6.20 Å². The largest absolute Gasteiger partial charge is 0.477 e. The van der Waals surface area contributed by atoms with E-state index >= 15 is 0 Å². The Bertz CT molecular complexity index is 615.